The zero-order valence-electron chi connectivity index (χ0n) is 19.1. The van der Waals surface area contributed by atoms with Crippen LogP contribution in [0.5, 0.6) is 11.5 Å². The number of piperazine rings is 1. The summed E-state index contributed by atoms with van der Waals surface area (Å²) in [6, 6.07) is 14.1. The van der Waals surface area contributed by atoms with Crippen LogP contribution in [0.4, 0.5) is 0 Å². The molecule has 1 aliphatic rings. The van der Waals surface area contributed by atoms with Gasteiger partial charge in [0.05, 0.1) is 14.2 Å². The van der Waals surface area contributed by atoms with E-state index in [-0.39, 0.29) is 5.91 Å². The minimum Gasteiger partial charge on any atom is -0.497 e. The molecule has 9 heteroatoms. The molecule has 2 aromatic rings. The zero-order valence-corrected chi connectivity index (χ0v) is 19.1. The van der Waals surface area contributed by atoms with Crippen molar-refractivity contribution < 1.29 is 34.1 Å². The average Bonchev–Trinajstić information content (AvgIpc) is 2.84. The van der Waals surface area contributed by atoms with E-state index in [0.717, 1.165) is 39.1 Å². The van der Waals surface area contributed by atoms with Crippen molar-refractivity contribution in [3.05, 3.63) is 59.2 Å². The van der Waals surface area contributed by atoms with Crippen molar-refractivity contribution in [2.24, 2.45) is 0 Å². The molecule has 1 fully saturated rings. The summed E-state index contributed by atoms with van der Waals surface area (Å²) in [5.41, 5.74) is 3.29. The second kappa shape index (κ2) is 12.4. The third kappa shape index (κ3) is 7.80. The van der Waals surface area contributed by atoms with Crippen LogP contribution >= 0.6 is 0 Å². The number of carbonyl (C=O) groups is 3. The van der Waals surface area contributed by atoms with E-state index < -0.39 is 11.9 Å². The van der Waals surface area contributed by atoms with Gasteiger partial charge in [-0.05, 0) is 29.7 Å². The standard InChI is InChI=1S/C22H28N2O3.C2H2O4/c1-4-17-5-7-18(8-6-17)16-23-9-11-24(12-10-23)22(25)19-13-20(26-2)15-21(14-19)27-3;3-1(4)2(5)6/h5-8,13-15H,4,9-12,16H2,1-3H3;(H,3,4)(H,5,6). The lowest BCUT2D eigenvalue weighted by Crippen LogP contribution is -2.48. The third-order valence-electron chi connectivity index (χ3n) is 5.28. The van der Waals surface area contributed by atoms with Gasteiger partial charge in [0.1, 0.15) is 11.5 Å². The number of methoxy groups -OCH3 is 2. The third-order valence-corrected chi connectivity index (χ3v) is 5.28. The van der Waals surface area contributed by atoms with Gasteiger partial charge in [-0.3, -0.25) is 9.69 Å². The maximum atomic E-state index is 12.9. The number of benzene rings is 2. The maximum absolute atomic E-state index is 12.9. The number of carboxylic acid groups (broad SMARTS) is 2. The molecule has 3 rings (SSSR count). The molecule has 0 bridgehead atoms. The Morgan fingerprint density at radius 2 is 1.30 bits per heavy atom. The number of ether oxygens (including phenoxy) is 2. The fourth-order valence-corrected chi connectivity index (χ4v) is 3.36. The number of carboxylic acids is 2. The van der Waals surface area contributed by atoms with E-state index in [4.69, 9.17) is 29.3 Å². The Morgan fingerprint density at radius 1 is 0.818 bits per heavy atom. The highest BCUT2D eigenvalue weighted by molar-refractivity contribution is 6.27. The minimum absolute atomic E-state index is 0.0270. The molecule has 9 nitrogen and oxygen atoms in total. The van der Waals surface area contributed by atoms with Crippen molar-refractivity contribution in [1.82, 2.24) is 9.80 Å². The van der Waals surface area contributed by atoms with Crippen LogP contribution in [-0.2, 0) is 22.6 Å². The number of carbonyl (C=O) groups excluding carboxylic acids is 1. The van der Waals surface area contributed by atoms with E-state index in [1.165, 1.54) is 11.1 Å². The summed E-state index contributed by atoms with van der Waals surface area (Å²) in [5, 5.41) is 14.8. The predicted molar refractivity (Wildman–Crippen MR) is 122 cm³/mol. The highest BCUT2D eigenvalue weighted by atomic mass is 16.5. The van der Waals surface area contributed by atoms with Crippen LogP contribution in [0.1, 0.15) is 28.4 Å². The molecular formula is C24H30N2O7. The molecular weight excluding hydrogens is 428 g/mol. The number of aryl methyl sites for hydroxylation is 1. The lowest BCUT2D eigenvalue weighted by Gasteiger charge is -2.35. The summed E-state index contributed by atoms with van der Waals surface area (Å²) >= 11 is 0. The van der Waals surface area contributed by atoms with E-state index >= 15 is 0 Å². The number of amides is 1. The van der Waals surface area contributed by atoms with Crippen LogP contribution in [0.15, 0.2) is 42.5 Å². The zero-order chi connectivity index (χ0) is 24.4. The van der Waals surface area contributed by atoms with E-state index in [0.29, 0.717) is 17.1 Å². The van der Waals surface area contributed by atoms with Crippen molar-refractivity contribution in [3.8, 4) is 11.5 Å². The summed E-state index contributed by atoms with van der Waals surface area (Å²) < 4.78 is 10.6. The Kier molecular flexibility index (Phi) is 9.68. The summed E-state index contributed by atoms with van der Waals surface area (Å²) in [6.07, 6.45) is 1.07. The first kappa shape index (κ1) is 25.7. The molecule has 1 saturated heterocycles. The highest BCUT2D eigenvalue weighted by Crippen LogP contribution is 2.24. The first-order chi connectivity index (χ1) is 15.8. The molecule has 0 unspecified atom stereocenters. The van der Waals surface area contributed by atoms with E-state index in [1.54, 1.807) is 32.4 Å². The second-order valence-corrected chi connectivity index (χ2v) is 7.45. The fourth-order valence-electron chi connectivity index (χ4n) is 3.36. The van der Waals surface area contributed by atoms with Crippen molar-refractivity contribution in [2.75, 3.05) is 40.4 Å². The molecule has 0 atom stereocenters. The SMILES string of the molecule is CCc1ccc(CN2CCN(C(=O)c3cc(OC)cc(OC)c3)CC2)cc1.O=C(O)C(=O)O. The number of rotatable bonds is 6. The Balaban J connectivity index is 0.000000569. The van der Waals surface area contributed by atoms with Gasteiger partial charge in [0.15, 0.2) is 0 Å². The molecule has 2 N–H and O–H groups in total. The monoisotopic (exact) mass is 458 g/mol. The molecule has 178 valence electrons. The molecule has 0 spiro atoms. The molecule has 1 heterocycles. The molecule has 0 aromatic heterocycles. The van der Waals surface area contributed by atoms with Gasteiger partial charge in [-0.15, -0.1) is 0 Å². The van der Waals surface area contributed by atoms with Gasteiger partial charge in [0.25, 0.3) is 5.91 Å². The molecule has 0 radical (unpaired) electrons. The fraction of sp³-hybridized carbons (Fsp3) is 0.375. The number of nitrogens with zero attached hydrogens (tertiary/aromatic N) is 2. The molecule has 33 heavy (non-hydrogen) atoms. The van der Waals surface area contributed by atoms with E-state index in [1.807, 2.05) is 4.90 Å². The van der Waals surface area contributed by atoms with Crippen LogP contribution in [0.25, 0.3) is 0 Å². The van der Waals surface area contributed by atoms with Crippen molar-refractivity contribution in [3.63, 3.8) is 0 Å². The summed E-state index contributed by atoms with van der Waals surface area (Å²) in [6.45, 7) is 6.31. The summed E-state index contributed by atoms with van der Waals surface area (Å²) in [4.78, 5) is 35.4. The van der Waals surface area contributed by atoms with Crippen LogP contribution in [0.2, 0.25) is 0 Å². The lowest BCUT2D eigenvalue weighted by molar-refractivity contribution is -0.159. The Hall–Kier alpha value is -3.59. The lowest BCUT2D eigenvalue weighted by atomic mass is 10.1. The van der Waals surface area contributed by atoms with Gasteiger partial charge in [-0.1, -0.05) is 31.2 Å². The normalized spacial score (nSPS) is 13.5. The first-order valence-corrected chi connectivity index (χ1v) is 10.6. The largest absolute Gasteiger partial charge is 0.497 e. The van der Waals surface area contributed by atoms with Gasteiger partial charge >= 0.3 is 11.9 Å². The molecule has 0 saturated carbocycles. The van der Waals surface area contributed by atoms with Crippen LogP contribution in [-0.4, -0.2) is 78.3 Å². The van der Waals surface area contributed by atoms with E-state index in [9.17, 15) is 4.79 Å². The van der Waals surface area contributed by atoms with E-state index in [2.05, 4.69) is 36.1 Å². The Labute approximate surface area is 193 Å². The van der Waals surface area contributed by atoms with Crippen LogP contribution < -0.4 is 9.47 Å². The van der Waals surface area contributed by atoms with Gasteiger partial charge in [0, 0.05) is 44.4 Å². The highest BCUT2D eigenvalue weighted by Gasteiger charge is 2.23. The van der Waals surface area contributed by atoms with Crippen molar-refractivity contribution in [1.29, 1.82) is 0 Å². The number of hydrogen-bond donors (Lipinski definition) is 2. The van der Waals surface area contributed by atoms with Gasteiger partial charge < -0.3 is 24.6 Å². The van der Waals surface area contributed by atoms with Crippen molar-refractivity contribution in [2.45, 2.75) is 19.9 Å². The molecule has 2 aromatic carbocycles. The smallest absolute Gasteiger partial charge is 0.414 e. The summed E-state index contributed by atoms with van der Waals surface area (Å²) in [5.74, 6) is -2.36. The van der Waals surface area contributed by atoms with Crippen LogP contribution in [0.3, 0.4) is 0 Å². The summed E-state index contributed by atoms with van der Waals surface area (Å²) in [7, 11) is 3.18. The molecule has 0 aliphatic carbocycles. The predicted octanol–water partition coefficient (Wildman–Crippen LogP) is 2.38. The van der Waals surface area contributed by atoms with Gasteiger partial charge in [0.2, 0.25) is 0 Å². The second-order valence-electron chi connectivity index (χ2n) is 7.45. The molecule has 1 amide bonds. The van der Waals surface area contributed by atoms with Gasteiger partial charge in [-0.2, -0.15) is 0 Å². The molecule has 1 aliphatic heterocycles. The number of aliphatic carboxylic acids is 2. The van der Waals surface area contributed by atoms with Crippen LogP contribution in [0, 0.1) is 0 Å². The minimum atomic E-state index is -1.82. The number of hydrogen-bond acceptors (Lipinski definition) is 6. The van der Waals surface area contributed by atoms with Crippen molar-refractivity contribution >= 4 is 17.8 Å². The quantitative estimate of drug-likeness (QED) is 0.634. The first-order valence-electron chi connectivity index (χ1n) is 10.6. The maximum Gasteiger partial charge on any atom is 0.414 e. The Bertz CT molecular complexity index is 918. The topological polar surface area (TPSA) is 117 Å². The average molecular weight is 459 g/mol. The Morgan fingerprint density at radius 3 is 1.73 bits per heavy atom. The van der Waals surface area contributed by atoms with Gasteiger partial charge in [-0.25, -0.2) is 9.59 Å².